The fourth-order valence-electron chi connectivity index (χ4n) is 3.21. The maximum absolute atomic E-state index is 12.5. The van der Waals surface area contributed by atoms with Gasteiger partial charge in [0.15, 0.2) is 0 Å². The summed E-state index contributed by atoms with van der Waals surface area (Å²) in [5, 5.41) is 3.47. The fraction of sp³-hybridized carbons (Fsp3) is 0.286. The summed E-state index contributed by atoms with van der Waals surface area (Å²) in [5.41, 5.74) is 5.16. The SMILES string of the molecule is COc1c(Cl)cc(C=C2C(=O)Nc3ccc(Br)c(C)c32)cc1C(C)(C)C. The van der Waals surface area contributed by atoms with Crippen molar-refractivity contribution in [3.05, 3.63) is 56.0 Å². The molecule has 0 fully saturated rings. The second-order valence-electron chi connectivity index (χ2n) is 7.44. The van der Waals surface area contributed by atoms with Crippen LogP contribution in [0.1, 0.15) is 43.0 Å². The fourth-order valence-corrected chi connectivity index (χ4v) is 3.84. The number of methoxy groups -OCH3 is 1. The van der Waals surface area contributed by atoms with Crippen LogP contribution < -0.4 is 10.1 Å². The van der Waals surface area contributed by atoms with Crippen LogP contribution in [0.25, 0.3) is 11.6 Å². The van der Waals surface area contributed by atoms with Crippen molar-refractivity contribution in [2.24, 2.45) is 0 Å². The number of nitrogens with one attached hydrogen (secondary N) is 1. The van der Waals surface area contributed by atoms with E-state index in [1.54, 1.807) is 7.11 Å². The molecule has 5 heteroatoms. The molecule has 1 heterocycles. The van der Waals surface area contributed by atoms with Gasteiger partial charge in [-0.25, -0.2) is 0 Å². The Hall–Kier alpha value is -1.78. The lowest BCUT2D eigenvalue weighted by Gasteiger charge is -2.23. The van der Waals surface area contributed by atoms with Gasteiger partial charge >= 0.3 is 0 Å². The first-order valence-electron chi connectivity index (χ1n) is 8.34. The van der Waals surface area contributed by atoms with E-state index in [0.29, 0.717) is 16.3 Å². The average molecular weight is 435 g/mol. The molecule has 136 valence electrons. The molecule has 1 aliphatic heterocycles. The quantitative estimate of drug-likeness (QED) is 0.571. The third kappa shape index (κ3) is 3.28. The summed E-state index contributed by atoms with van der Waals surface area (Å²) in [6.45, 7) is 8.32. The second-order valence-corrected chi connectivity index (χ2v) is 8.70. The third-order valence-electron chi connectivity index (χ3n) is 4.55. The molecule has 1 N–H and O–H groups in total. The van der Waals surface area contributed by atoms with Gasteiger partial charge in [-0.1, -0.05) is 48.3 Å². The number of halogens is 2. The van der Waals surface area contributed by atoms with E-state index in [1.807, 2.05) is 37.3 Å². The molecule has 0 aliphatic carbocycles. The van der Waals surface area contributed by atoms with Crippen LogP contribution >= 0.6 is 27.5 Å². The van der Waals surface area contributed by atoms with Crippen LogP contribution in [0.15, 0.2) is 28.7 Å². The maximum Gasteiger partial charge on any atom is 0.256 e. The Balaban J connectivity index is 2.20. The number of fused-ring (bicyclic) bond motifs is 1. The van der Waals surface area contributed by atoms with Crippen molar-refractivity contribution in [1.29, 1.82) is 0 Å². The summed E-state index contributed by atoms with van der Waals surface area (Å²) in [6, 6.07) is 7.73. The topological polar surface area (TPSA) is 38.3 Å². The van der Waals surface area contributed by atoms with Crippen LogP contribution in [0.5, 0.6) is 5.75 Å². The van der Waals surface area contributed by atoms with E-state index in [1.165, 1.54) is 0 Å². The number of hydrogen-bond donors (Lipinski definition) is 1. The zero-order valence-electron chi connectivity index (χ0n) is 15.5. The minimum absolute atomic E-state index is 0.106. The molecule has 0 spiro atoms. The molecule has 2 aromatic rings. The molecule has 0 atom stereocenters. The van der Waals surface area contributed by atoms with Crippen molar-refractivity contribution in [2.45, 2.75) is 33.1 Å². The van der Waals surface area contributed by atoms with Crippen molar-refractivity contribution in [2.75, 3.05) is 12.4 Å². The van der Waals surface area contributed by atoms with E-state index in [0.717, 1.165) is 32.4 Å². The molecule has 0 saturated carbocycles. The van der Waals surface area contributed by atoms with Crippen molar-refractivity contribution in [3.63, 3.8) is 0 Å². The Bertz CT molecular complexity index is 942. The number of benzene rings is 2. The summed E-state index contributed by atoms with van der Waals surface area (Å²) in [4.78, 5) is 12.5. The molecule has 0 aromatic heterocycles. The summed E-state index contributed by atoms with van der Waals surface area (Å²) >= 11 is 10.0. The van der Waals surface area contributed by atoms with Crippen LogP contribution in [0.4, 0.5) is 5.69 Å². The highest BCUT2D eigenvalue weighted by Gasteiger charge is 2.27. The first-order valence-corrected chi connectivity index (χ1v) is 9.51. The van der Waals surface area contributed by atoms with Gasteiger partial charge in [-0.05, 0) is 53.8 Å². The normalized spacial score (nSPS) is 15.2. The molecular formula is C21H21BrClNO2. The zero-order valence-corrected chi connectivity index (χ0v) is 17.8. The van der Waals surface area contributed by atoms with Gasteiger partial charge in [-0.15, -0.1) is 0 Å². The highest BCUT2D eigenvalue weighted by Crippen LogP contribution is 2.41. The molecule has 2 aromatic carbocycles. The van der Waals surface area contributed by atoms with Gasteiger partial charge in [0.1, 0.15) is 5.75 Å². The number of amides is 1. The number of anilines is 1. The Morgan fingerprint density at radius 2 is 1.92 bits per heavy atom. The Labute approximate surface area is 167 Å². The predicted molar refractivity (Wildman–Crippen MR) is 112 cm³/mol. The summed E-state index contributed by atoms with van der Waals surface area (Å²) in [6.07, 6.45) is 1.89. The molecule has 1 aliphatic rings. The predicted octanol–water partition coefficient (Wildman–Crippen LogP) is 6.21. The van der Waals surface area contributed by atoms with E-state index in [4.69, 9.17) is 16.3 Å². The van der Waals surface area contributed by atoms with Crippen molar-refractivity contribution in [3.8, 4) is 5.75 Å². The molecule has 1 amide bonds. The van der Waals surface area contributed by atoms with Gasteiger partial charge in [0.2, 0.25) is 0 Å². The molecule has 0 radical (unpaired) electrons. The van der Waals surface area contributed by atoms with Crippen LogP contribution in [0.2, 0.25) is 5.02 Å². The van der Waals surface area contributed by atoms with E-state index >= 15 is 0 Å². The smallest absolute Gasteiger partial charge is 0.256 e. The molecule has 0 saturated heterocycles. The molecule has 3 nitrogen and oxygen atoms in total. The number of rotatable bonds is 2. The largest absolute Gasteiger partial charge is 0.495 e. The highest BCUT2D eigenvalue weighted by atomic mass is 79.9. The lowest BCUT2D eigenvalue weighted by atomic mass is 9.85. The van der Waals surface area contributed by atoms with E-state index < -0.39 is 0 Å². The van der Waals surface area contributed by atoms with Gasteiger partial charge in [0.25, 0.3) is 5.91 Å². The maximum atomic E-state index is 12.5. The van der Waals surface area contributed by atoms with Crippen molar-refractivity contribution in [1.82, 2.24) is 0 Å². The Morgan fingerprint density at radius 3 is 2.54 bits per heavy atom. The van der Waals surface area contributed by atoms with Crippen LogP contribution in [-0.4, -0.2) is 13.0 Å². The highest BCUT2D eigenvalue weighted by molar-refractivity contribution is 9.10. The standard InChI is InChI=1S/C21H21BrClNO2/c1-11-15(22)6-7-17-18(11)13(20(25)24-17)8-12-9-14(21(2,3)4)19(26-5)16(23)10-12/h6-10H,1-5H3,(H,24,25). The number of carbonyl (C=O) groups is 1. The van der Waals surface area contributed by atoms with E-state index in [9.17, 15) is 4.79 Å². The van der Waals surface area contributed by atoms with Crippen molar-refractivity contribution >= 4 is 50.8 Å². The molecule has 0 unspecified atom stereocenters. The van der Waals surface area contributed by atoms with E-state index in [2.05, 4.69) is 42.0 Å². The minimum atomic E-state index is -0.141. The second kappa shape index (κ2) is 6.75. The monoisotopic (exact) mass is 433 g/mol. The van der Waals surface area contributed by atoms with Crippen LogP contribution in [-0.2, 0) is 10.2 Å². The number of carbonyl (C=O) groups excluding carboxylic acids is 1. The minimum Gasteiger partial charge on any atom is -0.495 e. The van der Waals surface area contributed by atoms with Gasteiger partial charge < -0.3 is 10.1 Å². The van der Waals surface area contributed by atoms with Gasteiger partial charge in [0, 0.05) is 26.9 Å². The zero-order chi connectivity index (χ0) is 19.2. The first-order chi connectivity index (χ1) is 12.1. The Morgan fingerprint density at radius 1 is 1.23 bits per heavy atom. The molecular weight excluding hydrogens is 414 g/mol. The summed E-state index contributed by atoms with van der Waals surface area (Å²) in [5.74, 6) is 0.571. The summed E-state index contributed by atoms with van der Waals surface area (Å²) < 4.78 is 6.48. The van der Waals surface area contributed by atoms with Gasteiger partial charge in [0.05, 0.1) is 12.1 Å². The van der Waals surface area contributed by atoms with Crippen molar-refractivity contribution < 1.29 is 9.53 Å². The lowest BCUT2D eigenvalue weighted by Crippen LogP contribution is -2.13. The van der Waals surface area contributed by atoms with Gasteiger partial charge in [-0.2, -0.15) is 0 Å². The average Bonchev–Trinajstić information content (AvgIpc) is 2.86. The third-order valence-corrected chi connectivity index (χ3v) is 5.69. The Kier molecular flexibility index (Phi) is 4.93. The molecule has 3 rings (SSSR count). The van der Waals surface area contributed by atoms with Crippen LogP contribution in [0.3, 0.4) is 0 Å². The number of hydrogen-bond acceptors (Lipinski definition) is 2. The van der Waals surface area contributed by atoms with Crippen LogP contribution in [0, 0.1) is 6.92 Å². The molecule has 26 heavy (non-hydrogen) atoms. The summed E-state index contributed by atoms with van der Waals surface area (Å²) in [7, 11) is 1.62. The molecule has 0 bridgehead atoms. The van der Waals surface area contributed by atoms with Gasteiger partial charge in [-0.3, -0.25) is 4.79 Å². The first kappa shape index (κ1) is 19.0. The lowest BCUT2D eigenvalue weighted by molar-refractivity contribution is -0.110. The number of ether oxygens (including phenoxy) is 1. The van der Waals surface area contributed by atoms with E-state index in [-0.39, 0.29) is 11.3 Å².